The molecule has 4 amide bonds. The summed E-state index contributed by atoms with van der Waals surface area (Å²) in [5.74, 6) is -0.643. The van der Waals surface area contributed by atoms with Gasteiger partial charge in [0.25, 0.3) is 5.91 Å². The summed E-state index contributed by atoms with van der Waals surface area (Å²) in [5, 5.41) is 2.53. The largest absolute Gasteiger partial charge is 0.357 e. The van der Waals surface area contributed by atoms with Crippen molar-refractivity contribution >= 4 is 17.8 Å². The monoisotopic (exact) mass is 370 g/mol. The average molecular weight is 370 g/mol. The van der Waals surface area contributed by atoms with E-state index in [9.17, 15) is 18.8 Å². The van der Waals surface area contributed by atoms with E-state index in [4.69, 9.17) is 0 Å². The Labute approximate surface area is 155 Å². The molecule has 0 saturated carbocycles. The summed E-state index contributed by atoms with van der Waals surface area (Å²) in [5.41, 5.74) is 2.10. The minimum Gasteiger partial charge on any atom is -0.357 e. The Balaban J connectivity index is 1.40. The van der Waals surface area contributed by atoms with Gasteiger partial charge < -0.3 is 15.2 Å². The normalized spacial score (nSPS) is 18.1. The van der Waals surface area contributed by atoms with Crippen molar-refractivity contribution in [3.63, 3.8) is 0 Å². The van der Waals surface area contributed by atoms with Crippen LogP contribution in [0.3, 0.4) is 0 Å². The number of carbonyl (C=O) groups excluding carboxylic acids is 3. The molecule has 0 bridgehead atoms. The maximum atomic E-state index is 13.1. The van der Waals surface area contributed by atoms with Gasteiger partial charge in [-0.1, -0.05) is 12.1 Å². The van der Waals surface area contributed by atoms with Gasteiger partial charge in [-0.05, 0) is 42.2 Å². The molecular weight excluding hydrogens is 351 g/mol. The first-order valence-corrected chi connectivity index (χ1v) is 8.86. The molecule has 2 aliphatic rings. The maximum Gasteiger partial charge on any atom is 0.324 e. The maximum absolute atomic E-state index is 13.1. The van der Waals surface area contributed by atoms with E-state index in [2.05, 4.69) is 10.3 Å². The van der Waals surface area contributed by atoms with Gasteiger partial charge >= 0.3 is 6.03 Å². The van der Waals surface area contributed by atoms with Crippen LogP contribution in [-0.4, -0.2) is 58.3 Å². The molecule has 2 saturated heterocycles. The van der Waals surface area contributed by atoms with Crippen LogP contribution < -0.4 is 5.32 Å². The number of nitrogens with zero attached hydrogens (tertiary/aromatic N) is 2. The van der Waals surface area contributed by atoms with Gasteiger partial charge in [0.1, 0.15) is 11.5 Å². The fourth-order valence-corrected chi connectivity index (χ4v) is 3.63. The SMILES string of the molecule is O=C(c1cc(-c2ccc(F)cc2)c[nH]1)N1CCC(N2C(=O)CNC2=O)CC1. The van der Waals surface area contributed by atoms with E-state index in [0.717, 1.165) is 11.1 Å². The van der Waals surface area contributed by atoms with Gasteiger partial charge in [-0.3, -0.25) is 14.5 Å². The molecule has 8 heteroatoms. The molecule has 3 heterocycles. The number of hydrogen-bond donors (Lipinski definition) is 2. The van der Waals surface area contributed by atoms with Crippen molar-refractivity contribution in [3.05, 3.63) is 48.0 Å². The number of carbonyl (C=O) groups is 3. The summed E-state index contributed by atoms with van der Waals surface area (Å²) in [7, 11) is 0. The Morgan fingerprint density at radius 2 is 1.78 bits per heavy atom. The molecule has 0 radical (unpaired) electrons. The number of H-pyrrole nitrogens is 1. The number of imide groups is 1. The first kappa shape index (κ1) is 17.3. The molecule has 2 N–H and O–H groups in total. The lowest BCUT2D eigenvalue weighted by Crippen LogP contribution is -2.49. The third kappa shape index (κ3) is 3.30. The van der Waals surface area contributed by atoms with Crippen LogP contribution in [0, 0.1) is 5.82 Å². The van der Waals surface area contributed by atoms with E-state index in [1.165, 1.54) is 17.0 Å². The molecule has 4 rings (SSSR count). The molecule has 7 nitrogen and oxygen atoms in total. The van der Waals surface area contributed by atoms with E-state index in [-0.39, 0.29) is 36.2 Å². The smallest absolute Gasteiger partial charge is 0.324 e. The summed E-state index contributed by atoms with van der Waals surface area (Å²) in [6.07, 6.45) is 2.85. The minimum atomic E-state index is -0.349. The van der Waals surface area contributed by atoms with Crippen molar-refractivity contribution in [1.82, 2.24) is 20.1 Å². The lowest BCUT2D eigenvalue weighted by atomic mass is 10.0. The average Bonchev–Trinajstić information content (AvgIpc) is 3.29. The van der Waals surface area contributed by atoms with Crippen LogP contribution in [0.15, 0.2) is 36.5 Å². The zero-order valence-electron chi connectivity index (χ0n) is 14.6. The number of likely N-dealkylation sites (tertiary alicyclic amines) is 1. The molecule has 27 heavy (non-hydrogen) atoms. The Morgan fingerprint density at radius 1 is 1.07 bits per heavy atom. The van der Waals surface area contributed by atoms with Crippen molar-refractivity contribution < 1.29 is 18.8 Å². The van der Waals surface area contributed by atoms with Crippen molar-refractivity contribution in [2.24, 2.45) is 0 Å². The Morgan fingerprint density at radius 3 is 2.41 bits per heavy atom. The molecule has 0 spiro atoms. The number of rotatable bonds is 3. The molecule has 2 aliphatic heterocycles. The van der Waals surface area contributed by atoms with Crippen LogP contribution in [0.5, 0.6) is 0 Å². The zero-order valence-corrected chi connectivity index (χ0v) is 14.6. The van der Waals surface area contributed by atoms with E-state index in [0.29, 0.717) is 31.6 Å². The van der Waals surface area contributed by atoms with Gasteiger partial charge in [-0.15, -0.1) is 0 Å². The Kier molecular flexibility index (Phi) is 4.39. The highest BCUT2D eigenvalue weighted by Gasteiger charge is 2.37. The minimum absolute atomic E-state index is 0.0482. The van der Waals surface area contributed by atoms with E-state index in [1.54, 1.807) is 29.3 Å². The molecule has 0 unspecified atom stereocenters. The number of piperidine rings is 1. The number of urea groups is 1. The second-order valence-corrected chi connectivity index (χ2v) is 6.75. The first-order chi connectivity index (χ1) is 13.0. The molecule has 0 atom stereocenters. The molecule has 2 aromatic rings. The van der Waals surface area contributed by atoms with Crippen molar-refractivity contribution in [3.8, 4) is 11.1 Å². The highest BCUT2D eigenvalue weighted by Crippen LogP contribution is 2.23. The summed E-state index contributed by atoms with van der Waals surface area (Å²) < 4.78 is 13.1. The van der Waals surface area contributed by atoms with Crippen LogP contribution in [0.1, 0.15) is 23.3 Å². The Hall–Kier alpha value is -3.16. The lowest BCUT2D eigenvalue weighted by Gasteiger charge is -2.35. The topological polar surface area (TPSA) is 85.5 Å². The van der Waals surface area contributed by atoms with Crippen LogP contribution in [0.4, 0.5) is 9.18 Å². The standard InChI is InChI=1S/C19H19FN4O3/c20-14-3-1-12(2-4-14)13-9-16(21-10-13)18(26)23-7-5-15(6-8-23)24-17(25)11-22-19(24)27/h1-4,9-10,15,21H,5-8,11H2,(H,22,27). The highest BCUT2D eigenvalue weighted by atomic mass is 19.1. The summed E-state index contributed by atoms with van der Waals surface area (Å²) >= 11 is 0. The van der Waals surface area contributed by atoms with Crippen LogP contribution in [-0.2, 0) is 4.79 Å². The molecular formula is C19H19FN4O3. The number of aromatic amines is 1. The van der Waals surface area contributed by atoms with Crippen LogP contribution in [0.25, 0.3) is 11.1 Å². The van der Waals surface area contributed by atoms with Crippen LogP contribution in [0.2, 0.25) is 0 Å². The third-order valence-corrected chi connectivity index (χ3v) is 5.09. The molecule has 0 aliphatic carbocycles. The second kappa shape index (κ2) is 6.86. The van der Waals surface area contributed by atoms with Gasteiger partial charge in [-0.2, -0.15) is 0 Å². The highest BCUT2D eigenvalue weighted by molar-refractivity contribution is 6.02. The predicted octanol–water partition coefficient (Wildman–Crippen LogP) is 1.98. The van der Waals surface area contributed by atoms with Gasteiger partial charge in [-0.25, -0.2) is 9.18 Å². The van der Waals surface area contributed by atoms with Gasteiger partial charge in [0.15, 0.2) is 0 Å². The second-order valence-electron chi connectivity index (χ2n) is 6.75. The number of halogens is 1. The number of aromatic nitrogens is 1. The quantitative estimate of drug-likeness (QED) is 0.810. The van der Waals surface area contributed by atoms with Gasteiger partial charge in [0.2, 0.25) is 5.91 Å². The number of hydrogen-bond acceptors (Lipinski definition) is 3. The number of nitrogens with one attached hydrogen (secondary N) is 2. The van der Waals surface area contributed by atoms with Crippen LogP contribution >= 0.6 is 0 Å². The lowest BCUT2D eigenvalue weighted by molar-refractivity contribution is -0.127. The molecule has 1 aromatic carbocycles. The van der Waals surface area contributed by atoms with Gasteiger partial charge in [0.05, 0.1) is 6.54 Å². The summed E-state index contributed by atoms with van der Waals surface area (Å²) in [4.78, 5) is 42.3. The summed E-state index contributed by atoms with van der Waals surface area (Å²) in [6.45, 7) is 1.00. The number of benzene rings is 1. The molecule has 140 valence electrons. The molecule has 1 aromatic heterocycles. The Bertz CT molecular complexity index is 869. The molecule has 2 fully saturated rings. The van der Waals surface area contributed by atoms with E-state index < -0.39 is 0 Å². The number of amides is 4. The first-order valence-electron chi connectivity index (χ1n) is 8.86. The van der Waals surface area contributed by atoms with E-state index >= 15 is 0 Å². The van der Waals surface area contributed by atoms with Gasteiger partial charge in [0, 0.05) is 25.3 Å². The van der Waals surface area contributed by atoms with Crippen molar-refractivity contribution in [2.75, 3.05) is 19.6 Å². The van der Waals surface area contributed by atoms with E-state index in [1.807, 2.05) is 0 Å². The fourth-order valence-electron chi connectivity index (χ4n) is 3.63. The fraction of sp³-hybridized carbons (Fsp3) is 0.316. The van der Waals surface area contributed by atoms with Crippen molar-refractivity contribution in [2.45, 2.75) is 18.9 Å². The zero-order chi connectivity index (χ0) is 19.0. The van der Waals surface area contributed by atoms with Crippen molar-refractivity contribution in [1.29, 1.82) is 0 Å². The predicted molar refractivity (Wildman–Crippen MR) is 95.4 cm³/mol. The summed E-state index contributed by atoms with van der Waals surface area (Å²) in [6, 6.07) is 7.32. The third-order valence-electron chi connectivity index (χ3n) is 5.09.